The molecule has 0 unspecified atom stereocenters. The molecule has 8 nitrogen and oxygen atoms in total. The molecule has 0 spiro atoms. The third kappa shape index (κ3) is 2.56. The van der Waals surface area contributed by atoms with Crippen LogP contribution in [-0.2, 0) is 26.6 Å². The lowest BCUT2D eigenvalue weighted by molar-refractivity contribution is 0.237. The summed E-state index contributed by atoms with van der Waals surface area (Å²) in [7, 11) is 2.03. The van der Waals surface area contributed by atoms with E-state index in [0.717, 1.165) is 65.8 Å². The highest BCUT2D eigenvalue weighted by atomic mass is 16.5. The molecule has 4 aromatic heterocycles. The van der Waals surface area contributed by atoms with Crippen molar-refractivity contribution in [2.75, 3.05) is 6.54 Å². The summed E-state index contributed by atoms with van der Waals surface area (Å²) in [5, 5.41) is 11.9. The van der Waals surface area contributed by atoms with Crippen molar-refractivity contribution in [2.24, 2.45) is 7.05 Å². The summed E-state index contributed by atoms with van der Waals surface area (Å²) >= 11 is 0. The van der Waals surface area contributed by atoms with E-state index in [0.29, 0.717) is 0 Å². The number of imidazole rings is 1. The number of aromatic nitrogens is 6. The molecule has 8 heteroatoms. The lowest BCUT2D eigenvalue weighted by Crippen LogP contribution is -2.31. The number of hydrogen-bond acceptors (Lipinski definition) is 6. The molecule has 0 aromatic carbocycles. The van der Waals surface area contributed by atoms with Crippen molar-refractivity contribution in [1.82, 2.24) is 34.8 Å². The minimum atomic E-state index is 0.776. The summed E-state index contributed by atoms with van der Waals surface area (Å²) in [5.41, 5.74) is 7.12. The van der Waals surface area contributed by atoms with Gasteiger partial charge in [0.05, 0.1) is 17.8 Å². The number of pyridine rings is 1. The highest BCUT2D eigenvalue weighted by Gasteiger charge is 2.26. The van der Waals surface area contributed by atoms with E-state index in [2.05, 4.69) is 29.8 Å². The molecule has 1 N–H and O–H groups in total. The van der Waals surface area contributed by atoms with Crippen LogP contribution < -0.4 is 0 Å². The van der Waals surface area contributed by atoms with Crippen molar-refractivity contribution in [3.8, 4) is 11.3 Å². The molecule has 0 saturated carbocycles. The Morgan fingerprint density at radius 2 is 2.19 bits per heavy atom. The van der Waals surface area contributed by atoms with Gasteiger partial charge in [0.1, 0.15) is 22.8 Å². The first kappa shape index (κ1) is 16.2. The number of nitrogens with zero attached hydrogens (tertiary/aromatic N) is 6. The van der Waals surface area contributed by atoms with E-state index in [1.54, 1.807) is 0 Å². The molecule has 138 valence electrons. The monoisotopic (exact) mass is 363 g/mol. The molecule has 5 rings (SSSR count). The number of hydrogen-bond donors (Lipinski definition) is 1. The topological polar surface area (TPSA) is 88.7 Å². The van der Waals surface area contributed by atoms with Gasteiger partial charge in [0.2, 0.25) is 0 Å². The summed E-state index contributed by atoms with van der Waals surface area (Å²) in [4.78, 5) is 11.6. The maximum Gasteiger partial charge on any atom is 0.159 e. The highest BCUT2D eigenvalue weighted by Crippen LogP contribution is 2.32. The molecule has 0 radical (unpaired) electrons. The number of rotatable bonds is 3. The molecule has 4 aromatic rings. The van der Waals surface area contributed by atoms with E-state index in [1.807, 2.05) is 39.2 Å². The largest absolute Gasteiger partial charge is 0.361 e. The van der Waals surface area contributed by atoms with Crippen molar-refractivity contribution >= 4 is 11.2 Å². The third-order valence-electron chi connectivity index (χ3n) is 5.37. The Kier molecular flexibility index (Phi) is 3.61. The Morgan fingerprint density at radius 3 is 2.96 bits per heavy atom. The van der Waals surface area contributed by atoms with Gasteiger partial charge in [-0.3, -0.25) is 10.00 Å². The Balaban J connectivity index is 1.46. The molecule has 5 heterocycles. The number of aryl methyl sites for hydroxylation is 3. The first-order chi connectivity index (χ1) is 13.1. The van der Waals surface area contributed by atoms with Gasteiger partial charge in [0, 0.05) is 44.0 Å². The van der Waals surface area contributed by atoms with Crippen LogP contribution in [0.25, 0.3) is 22.4 Å². The fraction of sp³-hybridized carbons (Fsp3) is 0.368. The number of fused-ring (bicyclic) bond motifs is 2. The molecule has 27 heavy (non-hydrogen) atoms. The first-order valence-corrected chi connectivity index (χ1v) is 9.10. The first-order valence-electron chi connectivity index (χ1n) is 9.10. The molecule has 0 saturated heterocycles. The van der Waals surface area contributed by atoms with Gasteiger partial charge in [0.15, 0.2) is 5.65 Å². The second kappa shape index (κ2) is 6.02. The predicted octanol–water partition coefficient (Wildman–Crippen LogP) is 2.52. The molecule has 0 bridgehead atoms. The summed E-state index contributed by atoms with van der Waals surface area (Å²) in [6.45, 7) is 6.45. The van der Waals surface area contributed by atoms with Crippen LogP contribution in [0.4, 0.5) is 0 Å². The van der Waals surface area contributed by atoms with E-state index < -0.39 is 0 Å². The molecular weight excluding hydrogens is 342 g/mol. The zero-order valence-electron chi connectivity index (χ0n) is 15.7. The Labute approximate surface area is 156 Å². The molecule has 0 atom stereocenters. The highest BCUT2D eigenvalue weighted by molar-refractivity contribution is 5.71. The van der Waals surface area contributed by atoms with Gasteiger partial charge >= 0.3 is 0 Å². The minimum absolute atomic E-state index is 0.776. The number of nitrogens with one attached hydrogen (secondary N) is 1. The van der Waals surface area contributed by atoms with E-state index >= 15 is 0 Å². The Morgan fingerprint density at radius 1 is 1.30 bits per heavy atom. The fourth-order valence-corrected chi connectivity index (χ4v) is 3.93. The number of aromatic amines is 1. The van der Waals surface area contributed by atoms with E-state index in [-0.39, 0.29) is 0 Å². The van der Waals surface area contributed by atoms with Gasteiger partial charge in [-0.1, -0.05) is 5.16 Å². The zero-order valence-corrected chi connectivity index (χ0v) is 15.7. The quantitative estimate of drug-likeness (QED) is 0.602. The van der Waals surface area contributed by atoms with Crippen molar-refractivity contribution in [1.29, 1.82) is 0 Å². The molecule has 1 aliphatic heterocycles. The van der Waals surface area contributed by atoms with Crippen LogP contribution in [0.3, 0.4) is 0 Å². The van der Waals surface area contributed by atoms with E-state index in [4.69, 9.17) is 9.51 Å². The molecule has 0 fully saturated rings. The maximum atomic E-state index is 5.34. The van der Waals surface area contributed by atoms with Crippen LogP contribution in [-0.4, -0.2) is 41.3 Å². The van der Waals surface area contributed by atoms with Crippen LogP contribution >= 0.6 is 0 Å². The van der Waals surface area contributed by atoms with Crippen LogP contribution in [0.1, 0.15) is 28.5 Å². The van der Waals surface area contributed by atoms with Crippen molar-refractivity contribution in [2.45, 2.75) is 33.4 Å². The van der Waals surface area contributed by atoms with Crippen LogP contribution in [0.5, 0.6) is 0 Å². The Bertz CT molecular complexity index is 1120. The molecule has 0 amide bonds. The van der Waals surface area contributed by atoms with Gasteiger partial charge in [-0.05, 0) is 26.0 Å². The molecule has 0 aliphatic carbocycles. The second-order valence-electron chi connectivity index (χ2n) is 7.12. The average molecular weight is 363 g/mol. The Hall–Kier alpha value is -3.00. The lowest BCUT2D eigenvalue weighted by atomic mass is 10.00. The van der Waals surface area contributed by atoms with E-state index in [1.165, 1.54) is 11.3 Å². The molecule has 1 aliphatic rings. The second-order valence-corrected chi connectivity index (χ2v) is 7.12. The van der Waals surface area contributed by atoms with Gasteiger partial charge in [-0.15, -0.1) is 0 Å². The third-order valence-corrected chi connectivity index (χ3v) is 5.37. The lowest BCUT2D eigenvalue weighted by Gasteiger charge is -2.26. The van der Waals surface area contributed by atoms with Gasteiger partial charge in [-0.2, -0.15) is 5.10 Å². The smallest absolute Gasteiger partial charge is 0.159 e. The van der Waals surface area contributed by atoms with Crippen LogP contribution in [0, 0.1) is 13.8 Å². The summed E-state index contributed by atoms with van der Waals surface area (Å²) in [5.74, 6) is 1.83. The fourth-order valence-electron chi connectivity index (χ4n) is 3.93. The summed E-state index contributed by atoms with van der Waals surface area (Å²) in [6, 6.07) is 3.93. The average Bonchev–Trinajstić information content (AvgIpc) is 3.32. The van der Waals surface area contributed by atoms with Crippen molar-refractivity contribution in [3.63, 3.8) is 0 Å². The standard InChI is InChI=1S/C19H21N7O/c1-11-17(12(2)27-24-11)18-13-9-26(8-6-14(13)22-23-18)10-16-21-15-5-4-7-20-19(15)25(16)3/h4-5,7H,6,8-10H2,1-3H3,(H,22,23). The van der Waals surface area contributed by atoms with Gasteiger partial charge < -0.3 is 9.09 Å². The molecular formula is C19H21N7O. The maximum absolute atomic E-state index is 5.34. The zero-order chi connectivity index (χ0) is 18.5. The van der Waals surface area contributed by atoms with Crippen LogP contribution in [0.2, 0.25) is 0 Å². The van der Waals surface area contributed by atoms with Crippen molar-refractivity contribution < 1.29 is 4.52 Å². The summed E-state index contributed by atoms with van der Waals surface area (Å²) < 4.78 is 7.42. The minimum Gasteiger partial charge on any atom is -0.361 e. The number of H-pyrrole nitrogens is 1. The normalized spacial score (nSPS) is 14.8. The van der Waals surface area contributed by atoms with Crippen LogP contribution in [0.15, 0.2) is 22.9 Å². The van der Waals surface area contributed by atoms with Gasteiger partial charge in [0.25, 0.3) is 0 Å². The predicted molar refractivity (Wildman–Crippen MR) is 99.9 cm³/mol. The summed E-state index contributed by atoms with van der Waals surface area (Å²) in [6.07, 6.45) is 2.75. The SMILES string of the molecule is Cc1noc(C)c1-c1n[nH]c2c1CN(Cc1nc3cccnc3n1C)CC2. The van der Waals surface area contributed by atoms with E-state index in [9.17, 15) is 0 Å². The van der Waals surface area contributed by atoms with Gasteiger partial charge in [-0.25, -0.2) is 9.97 Å². The van der Waals surface area contributed by atoms with Crippen molar-refractivity contribution in [3.05, 3.63) is 46.9 Å².